The third-order valence-corrected chi connectivity index (χ3v) is 2.99. The Kier molecular flexibility index (Phi) is 9.69. The molecule has 1 atom stereocenters. The van der Waals surface area contributed by atoms with Gasteiger partial charge in [-0.15, -0.1) is 0 Å². The Morgan fingerprint density at radius 2 is 2.00 bits per heavy atom. The molecule has 0 saturated carbocycles. The van der Waals surface area contributed by atoms with E-state index >= 15 is 0 Å². The van der Waals surface area contributed by atoms with Crippen LogP contribution in [0.4, 0.5) is 0 Å². The molecule has 0 fully saturated rings. The van der Waals surface area contributed by atoms with Crippen molar-refractivity contribution in [3.05, 3.63) is 0 Å². The van der Waals surface area contributed by atoms with Gasteiger partial charge < -0.3 is 20.6 Å². The highest BCUT2D eigenvalue weighted by atomic mass is 16.5. The van der Waals surface area contributed by atoms with Crippen molar-refractivity contribution >= 4 is 5.84 Å². The second-order valence-corrected chi connectivity index (χ2v) is 5.11. The van der Waals surface area contributed by atoms with Crippen molar-refractivity contribution in [2.24, 2.45) is 22.7 Å². The van der Waals surface area contributed by atoms with Gasteiger partial charge in [-0.05, 0) is 18.9 Å². The van der Waals surface area contributed by atoms with Gasteiger partial charge in [0.05, 0.1) is 6.61 Å². The molecule has 0 bridgehead atoms. The minimum absolute atomic E-state index is 0.0608. The SMILES string of the molecule is CCN(CCOCCC(C)C)CC(C)/C(N)=N/O. The highest BCUT2D eigenvalue weighted by molar-refractivity contribution is 5.82. The van der Waals surface area contributed by atoms with Crippen LogP contribution in [-0.2, 0) is 4.74 Å². The first-order valence-electron chi connectivity index (χ1n) is 6.78. The zero-order valence-corrected chi connectivity index (χ0v) is 12.2. The number of ether oxygens (including phenoxy) is 1. The molecule has 5 heteroatoms. The van der Waals surface area contributed by atoms with Crippen LogP contribution in [-0.4, -0.2) is 48.8 Å². The Morgan fingerprint density at radius 3 is 2.50 bits per heavy atom. The summed E-state index contributed by atoms with van der Waals surface area (Å²) in [6.07, 6.45) is 1.10. The number of likely N-dealkylation sites (N-methyl/N-ethyl adjacent to an activating group) is 1. The zero-order valence-electron chi connectivity index (χ0n) is 12.2. The van der Waals surface area contributed by atoms with E-state index in [9.17, 15) is 0 Å². The van der Waals surface area contributed by atoms with Crippen LogP contribution in [0.5, 0.6) is 0 Å². The Morgan fingerprint density at radius 1 is 1.33 bits per heavy atom. The topological polar surface area (TPSA) is 71.1 Å². The number of nitrogens with two attached hydrogens (primary N) is 1. The molecule has 0 aliphatic rings. The van der Waals surface area contributed by atoms with Gasteiger partial charge in [-0.3, -0.25) is 0 Å². The van der Waals surface area contributed by atoms with Crippen LogP contribution >= 0.6 is 0 Å². The van der Waals surface area contributed by atoms with Gasteiger partial charge in [-0.25, -0.2) is 0 Å². The molecule has 0 aromatic heterocycles. The molecule has 0 radical (unpaired) electrons. The fourth-order valence-corrected chi connectivity index (χ4v) is 1.57. The van der Waals surface area contributed by atoms with E-state index in [1.165, 1.54) is 0 Å². The van der Waals surface area contributed by atoms with E-state index in [-0.39, 0.29) is 11.8 Å². The van der Waals surface area contributed by atoms with E-state index in [1.54, 1.807) is 0 Å². The van der Waals surface area contributed by atoms with E-state index < -0.39 is 0 Å². The Labute approximate surface area is 111 Å². The summed E-state index contributed by atoms with van der Waals surface area (Å²) < 4.78 is 5.59. The van der Waals surface area contributed by atoms with Gasteiger partial charge in [0.2, 0.25) is 0 Å². The van der Waals surface area contributed by atoms with Gasteiger partial charge >= 0.3 is 0 Å². The maximum absolute atomic E-state index is 8.61. The lowest BCUT2D eigenvalue weighted by atomic mass is 10.1. The van der Waals surface area contributed by atoms with Crippen LogP contribution in [0.2, 0.25) is 0 Å². The van der Waals surface area contributed by atoms with Crippen LogP contribution in [0.3, 0.4) is 0 Å². The minimum atomic E-state index is 0.0608. The summed E-state index contributed by atoms with van der Waals surface area (Å²) in [5.74, 6) is 1.03. The molecule has 0 spiro atoms. The molecular weight excluding hydrogens is 230 g/mol. The van der Waals surface area contributed by atoms with Crippen LogP contribution in [0, 0.1) is 11.8 Å². The highest BCUT2D eigenvalue weighted by Crippen LogP contribution is 2.02. The van der Waals surface area contributed by atoms with E-state index in [4.69, 9.17) is 15.7 Å². The maximum atomic E-state index is 8.61. The molecule has 0 aliphatic heterocycles. The molecule has 5 nitrogen and oxygen atoms in total. The van der Waals surface area contributed by atoms with Gasteiger partial charge in [-0.1, -0.05) is 32.9 Å². The van der Waals surface area contributed by atoms with Gasteiger partial charge in [0.25, 0.3) is 0 Å². The summed E-state index contributed by atoms with van der Waals surface area (Å²) in [7, 11) is 0. The average molecular weight is 259 g/mol. The molecule has 0 heterocycles. The van der Waals surface area contributed by atoms with Crippen molar-refractivity contribution in [2.75, 3.05) is 32.8 Å². The molecule has 0 aromatic rings. The lowest BCUT2D eigenvalue weighted by Gasteiger charge is -2.23. The van der Waals surface area contributed by atoms with Crippen molar-refractivity contribution in [3.8, 4) is 0 Å². The summed E-state index contributed by atoms with van der Waals surface area (Å²) in [5, 5.41) is 11.6. The van der Waals surface area contributed by atoms with Crippen molar-refractivity contribution in [1.82, 2.24) is 4.90 Å². The van der Waals surface area contributed by atoms with E-state index in [0.29, 0.717) is 5.92 Å². The minimum Gasteiger partial charge on any atom is -0.409 e. The first kappa shape index (κ1) is 17.2. The second kappa shape index (κ2) is 10.1. The fourth-order valence-electron chi connectivity index (χ4n) is 1.57. The van der Waals surface area contributed by atoms with E-state index in [2.05, 4.69) is 30.8 Å². The lowest BCUT2D eigenvalue weighted by molar-refractivity contribution is 0.0955. The highest BCUT2D eigenvalue weighted by Gasteiger charge is 2.12. The first-order valence-corrected chi connectivity index (χ1v) is 6.78. The molecule has 1 unspecified atom stereocenters. The Balaban J connectivity index is 3.77. The molecule has 108 valence electrons. The second-order valence-electron chi connectivity index (χ2n) is 5.11. The maximum Gasteiger partial charge on any atom is 0.143 e. The molecular formula is C13H29N3O2. The molecule has 0 aromatic carbocycles. The summed E-state index contributed by atoms with van der Waals surface area (Å²) in [6, 6.07) is 0. The smallest absolute Gasteiger partial charge is 0.143 e. The van der Waals surface area contributed by atoms with Crippen molar-refractivity contribution in [3.63, 3.8) is 0 Å². The summed E-state index contributed by atoms with van der Waals surface area (Å²) in [5.41, 5.74) is 5.57. The molecule has 0 saturated heterocycles. The number of hydrogen-bond acceptors (Lipinski definition) is 4. The predicted octanol–water partition coefficient (Wildman–Crippen LogP) is 1.75. The van der Waals surface area contributed by atoms with Gasteiger partial charge in [-0.2, -0.15) is 0 Å². The van der Waals surface area contributed by atoms with Crippen molar-refractivity contribution < 1.29 is 9.94 Å². The Hall–Kier alpha value is -0.810. The fraction of sp³-hybridized carbons (Fsp3) is 0.923. The number of nitrogens with zero attached hydrogens (tertiary/aromatic N) is 2. The number of rotatable bonds is 10. The molecule has 0 aliphatic carbocycles. The predicted molar refractivity (Wildman–Crippen MR) is 75.0 cm³/mol. The zero-order chi connectivity index (χ0) is 14.0. The standard InChI is InChI=1S/C13H29N3O2/c1-5-16(10-12(4)13(14)15-17)7-9-18-8-6-11(2)3/h11-12,17H,5-10H2,1-4H3,(H2,14,15). The lowest BCUT2D eigenvalue weighted by Crippen LogP contribution is -2.36. The molecule has 0 amide bonds. The summed E-state index contributed by atoms with van der Waals surface area (Å²) in [4.78, 5) is 2.25. The molecule has 18 heavy (non-hydrogen) atoms. The quantitative estimate of drug-likeness (QED) is 0.206. The Bertz CT molecular complexity index is 232. The molecule has 3 N–H and O–H groups in total. The largest absolute Gasteiger partial charge is 0.409 e. The van der Waals surface area contributed by atoms with Crippen LogP contribution in [0.25, 0.3) is 0 Å². The number of oxime groups is 1. The number of amidine groups is 1. The summed E-state index contributed by atoms with van der Waals surface area (Å²) >= 11 is 0. The monoisotopic (exact) mass is 259 g/mol. The third-order valence-electron chi connectivity index (χ3n) is 2.99. The third kappa shape index (κ3) is 8.31. The normalized spacial score (nSPS) is 14.4. The number of hydrogen-bond donors (Lipinski definition) is 2. The van der Waals surface area contributed by atoms with Crippen molar-refractivity contribution in [2.45, 2.75) is 34.1 Å². The van der Waals surface area contributed by atoms with Gasteiger partial charge in [0.1, 0.15) is 5.84 Å². The van der Waals surface area contributed by atoms with Gasteiger partial charge in [0, 0.05) is 25.6 Å². The summed E-state index contributed by atoms with van der Waals surface area (Å²) in [6.45, 7) is 12.6. The van der Waals surface area contributed by atoms with Crippen LogP contribution in [0.1, 0.15) is 34.1 Å². The van der Waals surface area contributed by atoms with E-state index in [0.717, 1.165) is 39.3 Å². The van der Waals surface area contributed by atoms with E-state index in [1.807, 2.05) is 6.92 Å². The average Bonchev–Trinajstić information content (AvgIpc) is 2.35. The van der Waals surface area contributed by atoms with Crippen molar-refractivity contribution in [1.29, 1.82) is 0 Å². The first-order chi connectivity index (χ1) is 8.51. The van der Waals surface area contributed by atoms with Crippen LogP contribution < -0.4 is 5.73 Å². The van der Waals surface area contributed by atoms with Gasteiger partial charge in [0.15, 0.2) is 0 Å². The van der Waals surface area contributed by atoms with Crippen LogP contribution in [0.15, 0.2) is 5.16 Å². The molecule has 0 rings (SSSR count).